The molecule has 2 aromatic rings. The number of nitrogens with one attached hydrogen (secondary N) is 2. The number of hydrogen-bond donors (Lipinski definition) is 2. The molecular formula is C19H28N4OS. The van der Waals surface area contributed by atoms with Gasteiger partial charge in [-0.1, -0.05) is 12.1 Å². The Morgan fingerprint density at radius 1 is 1.16 bits per heavy atom. The van der Waals surface area contributed by atoms with Gasteiger partial charge in [0, 0.05) is 30.9 Å². The van der Waals surface area contributed by atoms with Crippen molar-refractivity contribution in [1.82, 2.24) is 15.6 Å². The number of rotatable bonds is 8. The van der Waals surface area contributed by atoms with Crippen LogP contribution in [0.3, 0.4) is 0 Å². The average molecular weight is 361 g/mol. The van der Waals surface area contributed by atoms with Crippen LogP contribution in [0.15, 0.2) is 29.3 Å². The van der Waals surface area contributed by atoms with E-state index in [4.69, 9.17) is 4.74 Å². The minimum atomic E-state index is 0.740. The molecule has 1 heterocycles. The lowest BCUT2D eigenvalue weighted by Crippen LogP contribution is -2.38. The number of aliphatic imine (C=N–C) groups is 1. The molecule has 136 valence electrons. The van der Waals surface area contributed by atoms with Gasteiger partial charge in [-0.25, -0.2) is 4.98 Å². The maximum absolute atomic E-state index is 5.18. The third-order valence-electron chi connectivity index (χ3n) is 3.88. The highest BCUT2D eigenvalue weighted by atomic mass is 32.1. The first-order valence-electron chi connectivity index (χ1n) is 8.70. The SMILES string of the molecule is CCNC(=NCCc1nc(C)c(C)s1)NCCc1ccc(OC)cc1. The molecule has 2 rings (SSSR count). The fraction of sp³-hybridized carbons (Fsp3) is 0.474. The van der Waals surface area contributed by atoms with E-state index < -0.39 is 0 Å². The minimum absolute atomic E-state index is 0.740. The van der Waals surface area contributed by atoms with Crippen molar-refractivity contribution in [2.45, 2.75) is 33.6 Å². The van der Waals surface area contributed by atoms with Gasteiger partial charge >= 0.3 is 0 Å². The zero-order chi connectivity index (χ0) is 18.1. The predicted octanol–water partition coefficient (Wildman–Crippen LogP) is 3.11. The Morgan fingerprint density at radius 3 is 2.52 bits per heavy atom. The van der Waals surface area contributed by atoms with E-state index in [9.17, 15) is 0 Å². The van der Waals surface area contributed by atoms with Crippen LogP contribution >= 0.6 is 11.3 Å². The Morgan fingerprint density at radius 2 is 1.92 bits per heavy atom. The summed E-state index contributed by atoms with van der Waals surface area (Å²) in [4.78, 5) is 10.5. The molecule has 0 aliphatic carbocycles. The van der Waals surface area contributed by atoms with Gasteiger partial charge in [-0.3, -0.25) is 4.99 Å². The number of methoxy groups -OCH3 is 1. The maximum atomic E-state index is 5.18. The second-order valence-corrected chi connectivity index (χ2v) is 7.07. The zero-order valence-corrected chi connectivity index (χ0v) is 16.4. The number of benzene rings is 1. The number of thiazole rings is 1. The summed E-state index contributed by atoms with van der Waals surface area (Å²) >= 11 is 1.77. The standard InChI is InChI=1S/C19H28N4OS/c1-5-20-19(22-13-11-18-23-14(2)15(3)25-18)21-12-10-16-6-8-17(24-4)9-7-16/h6-9H,5,10-13H2,1-4H3,(H2,20,21,22). The molecular weight excluding hydrogens is 332 g/mol. The van der Waals surface area contributed by atoms with Crippen LogP contribution in [0.5, 0.6) is 5.75 Å². The Labute approximate surface area is 154 Å². The number of ether oxygens (including phenoxy) is 1. The molecule has 6 heteroatoms. The number of aromatic nitrogens is 1. The molecule has 0 aliphatic rings. The van der Waals surface area contributed by atoms with Gasteiger partial charge in [0.25, 0.3) is 0 Å². The van der Waals surface area contributed by atoms with Crippen LogP contribution in [0.25, 0.3) is 0 Å². The first-order valence-corrected chi connectivity index (χ1v) is 9.52. The first-order chi connectivity index (χ1) is 12.1. The van der Waals surface area contributed by atoms with Gasteiger partial charge in [0.2, 0.25) is 0 Å². The van der Waals surface area contributed by atoms with Gasteiger partial charge in [-0.2, -0.15) is 0 Å². The Balaban J connectivity index is 1.80. The monoisotopic (exact) mass is 360 g/mol. The largest absolute Gasteiger partial charge is 0.497 e. The minimum Gasteiger partial charge on any atom is -0.497 e. The third-order valence-corrected chi connectivity index (χ3v) is 5.01. The number of aryl methyl sites for hydroxylation is 2. The van der Waals surface area contributed by atoms with Gasteiger partial charge in [-0.15, -0.1) is 11.3 Å². The highest BCUT2D eigenvalue weighted by molar-refractivity contribution is 7.11. The highest BCUT2D eigenvalue weighted by Crippen LogP contribution is 2.16. The maximum Gasteiger partial charge on any atom is 0.191 e. The lowest BCUT2D eigenvalue weighted by molar-refractivity contribution is 0.414. The third kappa shape index (κ3) is 6.38. The Hall–Kier alpha value is -2.08. The summed E-state index contributed by atoms with van der Waals surface area (Å²) < 4.78 is 5.18. The fourth-order valence-electron chi connectivity index (χ4n) is 2.37. The van der Waals surface area contributed by atoms with Crippen LogP contribution in [0.2, 0.25) is 0 Å². The van der Waals surface area contributed by atoms with E-state index in [0.29, 0.717) is 0 Å². The molecule has 25 heavy (non-hydrogen) atoms. The van der Waals surface area contributed by atoms with E-state index in [0.717, 1.165) is 54.9 Å². The lowest BCUT2D eigenvalue weighted by Gasteiger charge is -2.11. The molecule has 0 radical (unpaired) electrons. The van der Waals surface area contributed by atoms with Crippen molar-refractivity contribution in [3.63, 3.8) is 0 Å². The summed E-state index contributed by atoms with van der Waals surface area (Å²) in [5, 5.41) is 7.84. The van der Waals surface area contributed by atoms with E-state index >= 15 is 0 Å². The van der Waals surface area contributed by atoms with Crippen LogP contribution in [-0.4, -0.2) is 37.7 Å². The number of guanidine groups is 1. The molecule has 5 nitrogen and oxygen atoms in total. The molecule has 1 aromatic heterocycles. The molecule has 0 spiro atoms. The summed E-state index contributed by atoms with van der Waals surface area (Å²) in [6.07, 6.45) is 1.83. The summed E-state index contributed by atoms with van der Waals surface area (Å²) in [5.41, 5.74) is 2.41. The van der Waals surface area contributed by atoms with Crippen LogP contribution in [-0.2, 0) is 12.8 Å². The molecule has 0 unspecified atom stereocenters. The van der Waals surface area contributed by atoms with Crippen LogP contribution in [0, 0.1) is 13.8 Å². The van der Waals surface area contributed by atoms with E-state index in [-0.39, 0.29) is 0 Å². The second-order valence-electron chi connectivity index (χ2n) is 5.78. The predicted molar refractivity (Wildman–Crippen MR) is 106 cm³/mol. The van der Waals surface area contributed by atoms with Crippen molar-refractivity contribution in [3.05, 3.63) is 45.4 Å². The zero-order valence-electron chi connectivity index (χ0n) is 15.6. The van der Waals surface area contributed by atoms with Crippen molar-refractivity contribution >= 4 is 17.3 Å². The van der Waals surface area contributed by atoms with E-state index in [1.807, 2.05) is 12.1 Å². The molecule has 1 aromatic carbocycles. The second kappa shape index (κ2) is 10.0. The van der Waals surface area contributed by atoms with E-state index in [1.54, 1.807) is 18.4 Å². The van der Waals surface area contributed by atoms with Crippen molar-refractivity contribution in [3.8, 4) is 5.75 Å². The van der Waals surface area contributed by atoms with Gasteiger partial charge in [-0.05, 0) is 44.9 Å². The lowest BCUT2D eigenvalue weighted by atomic mass is 10.1. The van der Waals surface area contributed by atoms with Crippen molar-refractivity contribution < 1.29 is 4.74 Å². The van der Waals surface area contributed by atoms with Crippen LogP contribution in [0.4, 0.5) is 0 Å². The number of nitrogens with zero attached hydrogens (tertiary/aromatic N) is 2. The molecule has 2 N–H and O–H groups in total. The topological polar surface area (TPSA) is 58.5 Å². The molecule has 0 saturated heterocycles. The van der Waals surface area contributed by atoms with Gasteiger partial charge in [0.1, 0.15) is 5.75 Å². The summed E-state index contributed by atoms with van der Waals surface area (Å²) in [6.45, 7) is 8.68. The number of hydrogen-bond acceptors (Lipinski definition) is 4. The molecule has 0 saturated carbocycles. The summed E-state index contributed by atoms with van der Waals surface area (Å²) in [5.74, 6) is 1.75. The van der Waals surface area contributed by atoms with Crippen LogP contribution < -0.4 is 15.4 Å². The van der Waals surface area contributed by atoms with Crippen molar-refractivity contribution in [2.24, 2.45) is 4.99 Å². The first kappa shape index (κ1) is 19.2. The van der Waals surface area contributed by atoms with Gasteiger partial charge < -0.3 is 15.4 Å². The van der Waals surface area contributed by atoms with Crippen molar-refractivity contribution in [1.29, 1.82) is 0 Å². The van der Waals surface area contributed by atoms with E-state index in [1.165, 1.54) is 10.4 Å². The Kier molecular flexibility index (Phi) is 7.73. The van der Waals surface area contributed by atoms with Crippen molar-refractivity contribution in [2.75, 3.05) is 26.7 Å². The van der Waals surface area contributed by atoms with Crippen LogP contribution in [0.1, 0.15) is 28.1 Å². The van der Waals surface area contributed by atoms with E-state index in [2.05, 4.69) is 53.5 Å². The highest BCUT2D eigenvalue weighted by Gasteiger charge is 2.03. The summed E-state index contributed by atoms with van der Waals surface area (Å²) in [7, 11) is 1.68. The molecule has 0 aliphatic heterocycles. The molecule has 0 amide bonds. The van der Waals surface area contributed by atoms with Gasteiger partial charge in [0.05, 0.1) is 17.8 Å². The summed E-state index contributed by atoms with van der Waals surface area (Å²) in [6, 6.07) is 8.18. The molecule has 0 atom stereocenters. The quantitative estimate of drug-likeness (QED) is 0.561. The average Bonchev–Trinajstić information content (AvgIpc) is 2.93. The molecule has 0 fully saturated rings. The fourth-order valence-corrected chi connectivity index (χ4v) is 3.29. The normalized spacial score (nSPS) is 11.4. The van der Waals surface area contributed by atoms with Gasteiger partial charge in [0.15, 0.2) is 5.96 Å². The molecule has 0 bridgehead atoms. The smallest absolute Gasteiger partial charge is 0.191 e. The Bertz CT molecular complexity index is 660.